The first-order valence-corrected chi connectivity index (χ1v) is 12.2. The van der Waals surface area contributed by atoms with Crippen LogP contribution in [-0.4, -0.2) is 25.1 Å². The minimum atomic E-state index is -0.753. The molecule has 1 atom stereocenters. The normalized spacial score (nSPS) is 19.1. The highest BCUT2D eigenvalue weighted by atomic mass is 16.3. The van der Waals surface area contributed by atoms with E-state index < -0.39 is 6.04 Å². The van der Waals surface area contributed by atoms with Crippen LogP contribution in [0.15, 0.2) is 23.1 Å². The SMILES string of the molecule is Cc1ccc(NC(=O)[C@H](CC2CCCCC2)n2c(O)c(C3CCCCC3)n(C)c2=O)nc1. The van der Waals surface area contributed by atoms with Gasteiger partial charge in [-0.2, -0.15) is 0 Å². The molecular weight excluding hydrogens is 404 g/mol. The van der Waals surface area contributed by atoms with Crippen molar-refractivity contribution in [2.75, 3.05) is 5.32 Å². The summed E-state index contributed by atoms with van der Waals surface area (Å²) < 4.78 is 2.92. The predicted molar refractivity (Wildman–Crippen MR) is 125 cm³/mol. The minimum absolute atomic E-state index is 0.0303. The summed E-state index contributed by atoms with van der Waals surface area (Å²) >= 11 is 0. The molecule has 4 rings (SSSR count). The van der Waals surface area contributed by atoms with E-state index in [2.05, 4.69) is 10.3 Å². The summed E-state index contributed by atoms with van der Waals surface area (Å²) in [4.78, 5) is 31.0. The summed E-state index contributed by atoms with van der Waals surface area (Å²) in [7, 11) is 1.72. The van der Waals surface area contributed by atoms with Crippen molar-refractivity contribution in [1.29, 1.82) is 0 Å². The van der Waals surface area contributed by atoms with Crippen LogP contribution in [0.2, 0.25) is 0 Å². The van der Waals surface area contributed by atoms with Crippen molar-refractivity contribution in [3.8, 4) is 5.88 Å². The Bertz CT molecular complexity index is 980. The van der Waals surface area contributed by atoms with Crippen LogP contribution >= 0.6 is 0 Å². The fourth-order valence-corrected chi connectivity index (χ4v) is 5.56. The molecule has 2 aliphatic carbocycles. The fourth-order valence-electron chi connectivity index (χ4n) is 5.56. The smallest absolute Gasteiger partial charge is 0.331 e. The van der Waals surface area contributed by atoms with Crippen LogP contribution in [0.25, 0.3) is 0 Å². The van der Waals surface area contributed by atoms with E-state index in [-0.39, 0.29) is 23.4 Å². The Hall–Kier alpha value is -2.57. The van der Waals surface area contributed by atoms with Crippen molar-refractivity contribution in [2.24, 2.45) is 13.0 Å². The number of nitrogens with zero attached hydrogens (tertiary/aromatic N) is 3. The Labute approximate surface area is 189 Å². The highest BCUT2D eigenvalue weighted by molar-refractivity contribution is 5.93. The summed E-state index contributed by atoms with van der Waals surface area (Å²) in [6.07, 6.45) is 13.3. The fraction of sp³-hybridized carbons (Fsp3) is 0.640. The summed E-state index contributed by atoms with van der Waals surface area (Å²) in [5.74, 6) is 0.683. The van der Waals surface area contributed by atoms with Crippen LogP contribution in [0.1, 0.15) is 93.8 Å². The number of aromatic hydroxyl groups is 1. The Morgan fingerprint density at radius 2 is 1.78 bits per heavy atom. The maximum absolute atomic E-state index is 13.4. The number of anilines is 1. The second-order valence-electron chi connectivity index (χ2n) is 9.72. The van der Waals surface area contributed by atoms with Gasteiger partial charge in [-0.05, 0) is 43.7 Å². The predicted octanol–water partition coefficient (Wildman–Crippen LogP) is 4.79. The number of imidazole rings is 1. The molecule has 2 N–H and O–H groups in total. The Kier molecular flexibility index (Phi) is 7.01. The summed E-state index contributed by atoms with van der Waals surface area (Å²) in [6.45, 7) is 1.94. The molecule has 32 heavy (non-hydrogen) atoms. The van der Waals surface area contributed by atoms with Gasteiger partial charge in [0.1, 0.15) is 11.9 Å². The number of hydrogen-bond acceptors (Lipinski definition) is 4. The van der Waals surface area contributed by atoms with Crippen LogP contribution in [0.5, 0.6) is 5.88 Å². The van der Waals surface area contributed by atoms with Gasteiger partial charge in [0.05, 0.1) is 5.69 Å². The number of aromatic nitrogens is 3. The van der Waals surface area contributed by atoms with Gasteiger partial charge in [-0.25, -0.2) is 9.78 Å². The van der Waals surface area contributed by atoms with Gasteiger partial charge in [-0.3, -0.25) is 13.9 Å². The van der Waals surface area contributed by atoms with Gasteiger partial charge in [0.2, 0.25) is 11.8 Å². The quantitative estimate of drug-likeness (QED) is 0.676. The van der Waals surface area contributed by atoms with E-state index in [0.29, 0.717) is 23.9 Å². The average Bonchev–Trinajstić information content (AvgIpc) is 3.03. The number of amides is 1. The lowest BCUT2D eigenvalue weighted by atomic mass is 9.84. The third-order valence-corrected chi connectivity index (χ3v) is 7.36. The van der Waals surface area contributed by atoms with E-state index >= 15 is 0 Å². The van der Waals surface area contributed by atoms with E-state index in [9.17, 15) is 14.7 Å². The van der Waals surface area contributed by atoms with Gasteiger partial charge in [0.15, 0.2) is 0 Å². The molecule has 0 unspecified atom stereocenters. The largest absolute Gasteiger partial charge is 0.493 e. The number of carbonyl (C=O) groups is 1. The van der Waals surface area contributed by atoms with E-state index in [1.54, 1.807) is 23.9 Å². The molecule has 2 heterocycles. The molecule has 2 aliphatic rings. The van der Waals surface area contributed by atoms with Crippen LogP contribution in [0, 0.1) is 12.8 Å². The van der Waals surface area contributed by atoms with Crippen LogP contribution in [0.4, 0.5) is 5.82 Å². The summed E-state index contributed by atoms with van der Waals surface area (Å²) in [5.41, 5.74) is 1.39. The van der Waals surface area contributed by atoms with Crippen LogP contribution < -0.4 is 11.0 Å². The lowest BCUT2D eigenvalue weighted by Crippen LogP contribution is -2.35. The molecule has 2 aromatic rings. The van der Waals surface area contributed by atoms with Crippen molar-refractivity contribution in [3.05, 3.63) is 40.1 Å². The van der Waals surface area contributed by atoms with Crippen molar-refractivity contribution in [1.82, 2.24) is 14.1 Å². The van der Waals surface area contributed by atoms with Gasteiger partial charge in [-0.15, -0.1) is 0 Å². The third-order valence-electron chi connectivity index (χ3n) is 7.36. The molecule has 2 aromatic heterocycles. The first-order valence-electron chi connectivity index (χ1n) is 12.2. The molecule has 0 saturated heterocycles. The number of nitrogens with one attached hydrogen (secondary N) is 1. The summed E-state index contributed by atoms with van der Waals surface area (Å²) in [6, 6.07) is 2.91. The molecule has 2 saturated carbocycles. The molecule has 0 spiro atoms. The van der Waals surface area contributed by atoms with Crippen molar-refractivity contribution in [3.63, 3.8) is 0 Å². The zero-order valence-corrected chi connectivity index (χ0v) is 19.3. The standard InChI is InChI=1S/C25H36N4O3/c1-17-13-14-21(26-16-17)27-23(30)20(15-18-9-5-3-6-10-18)29-24(31)22(28(2)25(29)32)19-11-7-4-8-12-19/h13-14,16,18-20,31H,3-12,15H2,1-2H3,(H,26,27,30)/t20-/m0/s1. The van der Waals surface area contributed by atoms with E-state index in [1.165, 1.54) is 17.4 Å². The zero-order chi connectivity index (χ0) is 22.7. The van der Waals surface area contributed by atoms with Crippen molar-refractivity contribution < 1.29 is 9.90 Å². The van der Waals surface area contributed by atoms with Gasteiger partial charge in [0.25, 0.3) is 0 Å². The second kappa shape index (κ2) is 9.92. The molecule has 2 fully saturated rings. The molecular formula is C25H36N4O3. The first kappa shape index (κ1) is 22.6. The van der Waals surface area contributed by atoms with Gasteiger partial charge in [0, 0.05) is 19.2 Å². The Morgan fingerprint density at radius 3 is 2.41 bits per heavy atom. The number of hydrogen-bond donors (Lipinski definition) is 2. The lowest BCUT2D eigenvalue weighted by molar-refractivity contribution is -0.120. The number of aryl methyl sites for hydroxylation is 1. The van der Waals surface area contributed by atoms with E-state index in [0.717, 1.165) is 56.9 Å². The molecule has 174 valence electrons. The molecule has 7 heteroatoms. The van der Waals surface area contributed by atoms with Gasteiger partial charge >= 0.3 is 5.69 Å². The van der Waals surface area contributed by atoms with Crippen LogP contribution in [0.3, 0.4) is 0 Å². The Morgan fingerprint density at radius 1 is 1.12 bits per heavy atom. The zero-order valence-electron chi connectivity index (χ0n) is 19.3. The molecule has 0 aromatic carbocycles. The molecule has 0 aliphatic heterocycles. The monoisotopic (exact) mass is 440 g/mol. The summed E-state index contributed by atoms with van der Waals surface area (Å²) in [5, 5.41) is 14.1. The van der Waals surface area contributed by atoms with Crippen LogP contribution in [-0.2, 0) is 11.8 Å². The van der Waals surface area contributed by atoms with Crippen molar-refractivity contribution in [2.45, 2.75) is 89.5 Å². The van der Waals surface area contributed by atoms with Crippen molar-refractivity contribution >= 4 is 11.7 Å². The van der Waals surface area contributed by atoms with Gasteiger partial charge < -0.3 is 10.4 Å². The molecule has 7 nitrogen and oxygen atoms in total. The van der Waals surface area contributed by atoms with E-state index in [1.807, 2.05) is 13.0 Å². The third kappa shape index (κ3) is 4.76. The second-order valence-corrected chi connectivity index (χ2v) is 9.72. The van der Waals surface area contributed by atoms with Gasteiger partial charge in [-0.1, -0.05) is 57.4 Å². The molecule has 0 radical (unpaired) electrons. The number of carbonyl (C=O) groups excluding carboxylic acids is 1. The molecule has 0 bridgehead atoms. The maximum Gasteiger partial charge on any atom is 0.331 e. The van der Waals surface area contributed by atoms with E-state index in [4.69, 9.17) is 0 Å². The number of pyridine rings is 1. The minimum Gasteiger partial charge on any atom is -0.493 e. The number of rotatable bonds is 6. The maximum atomic E-state index is 13.4. The lowest BCUT2D eigenvalue weighted by Gasteiger charge is -2.27. The topological polar surface area (TPSA) is 89.2 Å². The average molecular weight is 441 g/mol. The first-order chi connectivity index (χ1) is 15.5. The molecule has 1 amide bonds. The Balaban J connectivity index is 1.68. The highest BCUT2D eigenvalue weighted by Gasteiger charge is 2.34. The highest BCUT2D eigenvalue weighted by Crippen LogP contribution is 2.39.